The molecule has 1 aromatic carbocycles. The quantitative estimate of drug-likeness (QED) is 0.700. The van der Waals surface area contributed by atoms with Gasteiger partial charge in [-0.3, -0.25) is 9.59 Å². The molecule has 146 valence electrons. The van der Waals surface area contributed by atoms with Crippen molar-refractivity contribution in [3.05, 3.63) is 18.2 Å². The predicted molar refractivity (Wildman–Crippen MR) is 107 cm³/mol. The molecule has 2 rings (SSSR count). The lowest BCUT2D eigenvalue weighted by molar-refractivity contribution is -0.121. The number of anilines is 2. The first-order valence-electron chi connectivity index (χ1n) is 8.97. The first-order chi connectivity index (χ1) is 11.9. The number of carbonyl (C=O) groups is 2. The van der Waals surface area contributed by atoms with Crippen molar-refractivity contribution in [2.24, 2.45) is 17.6 Å². The lowest BCUT2D eigenvalue weighted by Gasteiger charge is -2.22. The standard InChI is InChI=1S/C19H29N3O3.ClH/c1-12(13(2)20)18(23)21-15-9-10-17(25-3)16(11-15)22-19(24)14-7-5-4-6-8-14;/h9-14H,4-8,20H2,1-3H3,(H,21,23)(H,22,24);1H. The molecule has 26 heavy (non-hydrogen) atoms. The fraction of sp³-hybridized carbons (Fsp3) is 0.579. The van der Waals surface area contributed by atoms with Gasteiger partial charge in [0.25, 0.3) is 0 Å². The number of hydrogen-bond donors (Lipinski definition) is 3. The molecule has 2 amide bonds. The van der Waals surface area contributed by atoms with E-state index in [0.29, 0.717) is 17.1 Å². The number of hydrogen-bond acceptors (Lipinski definition) is 4. The summed E-state index contributed by atoms with van der Waals surface area (Å²) in [5.74, 6) is 0.190. The van der Waals surface area contributed by atoms with Gasteiger partial charge < -0.3 is 21.1 Å². The number of rotatable bonds is 6. The Morgan fingerprint density at radius 2 is 1.81 bits per heavy atom. The van der Waals surface area contributed by atoms with Crippen LogP contribution in [0.3, 0.4) is 0 Å². The van der Waals surface area contributed by atoms with Crippen LogP contribution in [0.4, 0.5) is 11.4 Å². The minimum atomic E-state index is -0.303. The van der Waals surface area contributed by atoms with E-state index in [9.17, 15) is 9.59 Å². The molecular formula is C19H30ClN3O3. The first-order valence-corrected chi connectivity index (χ1v) is 8.97. The van der Waals surface area contributed by atoms with E-state index in [-0.39, 0.29) is 42.1 Å². The predicted octanol–water partition coefficient (Wildman–Crippen LogP) is 3.56. The van der Waals surface area contributed by atoms with Crippen molar-refractivity contribution < 1.29 is 14.3 Å². The third kappa shape index (κ3) is 5.88. The van der Waals surface area contributed by atoms with Crippen LogP contribution in [0.5, 0.6) is 5.75 Å². The minimum absolute atomic E-state index is 0. The molecule has 2 atom stereocenters. The maximum Gasteiger partial charge on any atom is 0.228 e. The molecule has 6 nitrogen and oxygen atoms in total. The Labute approximate surface area is 161 Å². The lowest BCUT2D eigenvalue weighted by Crippen LogP contribution is -2.34. The van der Waals surface area contributed by atoms with Gasteiger partial charge in [-0.1, -0.05) is 26.2 Å². The van der Waals surface area contributed by atoms with Crippen molar-refractivity contribution in [3.63, 3.8) is 0 Å². The summed E-state index contributed by atoms with van der Waals surface area (Å²) < 4.78 is 5.33. The van der Waals surface area contributed by atoms with Crippen LogP contribution < -0.4 is 21.1 Å². The molecule has 1 aliphatic carbocycles. The molecule has 1 fully saturated rings. The molecule has 4 N–H and O–H groups in total. The molecule has 0 aliphatic heterocycles. The third-order valence-corrected chi connectivity index (χ3v) is 4.90. The molecule has 0 radical (unpaired) electrons. The van der Waals surface area contributed by atoms with E-state index < -0.39 is 0 Å². The highest BCUT2D eigenvalue weighted by Gasteiger charge is 2.22. The van der Waals surface area contributed by atoms with E-state index in [1.807, 2.05) is 0 Å². The van der Waals surface area contributed by atoms with Gasteiger partial charge in [0, 0.05) is 17.6 Å². The zero-order valence-corrected chi connectivity index (χ0v) is 16.5. The average molecular weight is 384 g/mol. The summed E-state index contributed by atoms with van der Waals surface area (Å²) in [6.45, 7) is 3.59. The van der Waals surface area contributed by atoms with Gasteiger partial charge in [0.2, 0.25) is 11.8 Å². The zero-order valence-electron chi connectivity index (χ0n) is 15.7. The summed E-state index contributed by atoms with van der Waals surface area (Å²) in [7, 11) is 1.56. The molecule has 1 saturated carbocycles. The van der Waals surface area contributed by atoms with Crippen molar-refractivity contribution in [2.75, 3.05) is 17.7 Å². The molecular weight excluding hydrogens is 354 g/mol. The van der Waals surface area contributed by atoms with Crippen LogP contribution in [-0.4, -0.2) is 25.0 Å². The molecule has 0 aromatic heterocycles. The molecule has 7 heteroatoms. The number of benzene rings is 1. The second kappa shape index (κ2) is 10.4. The summed E-state index contributed by atoms with van der Waals surface area (Å²) in [4.78, 5) is 24.7. The van der Waals surface area contributed by atoms with E-state index >= 15 is 0 Å². The van der Waals surface area contributed by atoms with Crippen LogP contribution in [0, 0.1) is 11.8 Å². The maximum absolute atomic E-state index is 12.5. The van der Waals surface area contributed by atoms with E-state index in [2.05, 4.69) is 10.6 Å². The zero-order chi connectivity index (χ0) is 18.4. The Bertz CT molecular complexity index is 616. The van der Waals surface area contributed by atoms with E-state index in [0.717, 1.165) is 25.7 Å². The lowest BCUT2D eigenvalue weighted by atomic mass is 9.88. The van der Waals surface area contributed by atoms with Crippen LogP contribution in [-0.2, 0) is 9.59 Å². The Hall–Kier alpha value is -1.79. The molecule has 1 aromatic rings. The molecule has 2 unspecified atom stereocenters. The Morgan fingerprint density at radius 1 is 1.15 bits per heavy atom. The van der Waals surface area contributed by atoms with Crippen LogP contribution in [0.1, 0.15) is 46.0 Å². The average Bonchev–Trinajstić information content (AvgIpc) is 2.61. The molecule has 0 saturated heterocycles. The molecule has 0 heterocycles. The van der Waals surface area contributed by atoms with E-state index in [1.54, 1.807) is 39.2 Å². The SMILES string of the molecule is COc1ccc(NC(=O)C(C)C(C)N)cc1NC(=O)C1CCCCC1.Cl. The van der Waals surface area contributed by atoms with Crippen molar-refractivity contribution in [1.82, 2.24) is 0 Å². The van der Waals surface area contributed by atoms with Crippen LogP contribution in [0.15, 0.2) is 18.2 Å². The molecule has 1 aliphatic rings. The van der Waals surface area contributed by atoms with Gasteiger partial charge in [0.1, 0.15) is 5.75 Å². The number of halogens is 1. The van der Waals surface area contributed by atoms with Crippen LogP contribution in [0.2, 0.25) is 0 Å². The number of methoxy groups -OCH3 is 1. The van der Waals surface area contributed by atoms with Crippen molar-refractivity contribution in [3.8, 4) is 5.75 Å². The Morgan fingerprint density at radius 3 is 2.38 bits per heavy atom. The van der Waals surface area contributed by atoms with E-state index in [4.69, 9.17) is 10.5 Å². The number of carbonyl (C=O) groups excluding carboxylic acids is 2. The number of nitrogens with one attached hydrogen (secondary N) is 2. The first kappa shape index (κ1) is 22.3. The van der Waals surface area contributed by atoms with Gasteiger partial charge in [0.05, 0.1) is 18.7 Å². The second-order valence-corrected chi connectivity index (χ2v) is 6.88. The number of nitrogens with two attached hydrogens (primary N) is 1. The summed E-state index contributed by atoms with van der Waals surface area (Å²) in [6.07, 6.45) is 5.25. The van der Waals surface area contributed by atoms with Crippen molar-refractivity contribution >= 4 is 35.6 Å². The van der Waals surface area contributed by atoms with Crippen LogP contribution >= 0.6 is 12.4 Å². The largest absolute Gasteiger partial charge is 0.495 e. The smallest absolute Gasteiger partial charge is 0.228 e. The highest BCUT2D eigenvalue weighted by atomic mass is 35.5. The fourth-order valence-electron chi connectivity index (χ4n) is 2.98. The van der Waals surface area contributed by atoms with Gasteiger partial charge in [-0.25, -0.2) is 0 Å². The Kier molecular flexibility index (Phi) is 8.88. The van der Waals surface area contributed by atoms with Crippen molar-refractivity contribution in [1.29, 1.82) is 0 Å². The highest BCUT2D eigenvalue weighted by molar-refractivity contribution is 5.97. The monoisotopic (exact) mass is 383 g/mol. The topological polar surface area (TPSA) is 93.4 Å². The van der Waals surface area contributed by atoms with Crippen molar-refractivity contribution in [2.45, 2.75) is 52.0 Å². The summed E-state index contributed by atoms with van der Waals surface area (Å²) >= 11 is 0. The molecule has 0 spiro atoms. The summed E-state index contributed by atoms with van der Waals surface area (Å²) in [5, 5.41) is 5.80. The van der Waals surface area contributed by atoms with Crippen LogP contribution in [0.25, 0.3) is 0 Å². The van der Waals surface area contributed by atoms with Gasteiger partial charge >= 0.3 is 0 Å². The fourth-order valence-corrected chi connectivity index (χ4v) is 2.98. The van der Waals surface area contributed by atoms with Gasteiger partial charge in [-0.15, -0.1) is 12.4 Å². The minimum Gasteiger partial charge on any atom is -0.495 e. The molecule has 0 bridgehead atoms. The number of amides is 2. The summed E-state index contributed by atoms with van der Waals surface area (Å²) in [6, 6.07) is 4.98. The third-order valence-electron chi connectivity index (χ3n) is 4.90. The maximum atomic E-state index is 12.5. The van der Waals surface area contributed by atoms with Gasteiger partial charge in [-0.2, -0.15) is 0 Å². The highest BCUT2D eigenvalue weighted by Crippen LogP contribution is 2.30. The van der Waals surface area contributed by atoms with Gasteiger partial charge in [0.15, 0.2) is 0 Å². The van der Waals surface area contributed by atoms with E-state index in [1.165, 1.54) is 6.42 Å². The summed E-state index contributed by atoms with van der Waals surface area (Å²) in [5.41, 5.74) is 6.96. The normalized spacial score (nSPS) is 16.8. The Balaban J connectivity index is 0.00000338. The van der Waals surface area contributed by atoms with Gasteiger partial charge in [-0.05, 0) is 38.0 Å². The second-order valence-electron chi connectivity index (χ2n) is 6.88. The number of ether oxygens (including phenoxy) is 1.